The van der Waals surface area contributed by atoms with Crippen LogP contribution in [0.15, 0.2) is 24.3 Å². The summed E-state index contributed by atoms with van der Waals surface area (Å²) in [4.78, 5) is 18.7. The van der Waals surface area contributed by atoms with Crippen molar-refractivity contribution in [1.29, 1.82) is 5.26 Å². The Morgan fingerprint density at radius 1 is 1.40 bits per heavy atom. The first kappa shape index (κ1) is 20.5. The van der Waals surface area contributed by atoms with Crippen LogP contribution in [0.2, 0.25) is 0 Å². The number of rotatable bonds is 3. The van der Waals surface area contributed by atoms with Crippen molar-refractivity contribution in [1.82, 2.24) is 4.98 Å². The molecule has 0 bridgehead atoms. The van der Waals surface area contributed by atoms with Crippen LogP contribution in [-0.4, -0.2) is 21.5 Å². The van der Waals surface area contributed by atoms with E-state index in [1.165, 1.54) is 16.9 Å². The SMILES string of the molecule is CCc1ccc(C2c3c(C)nc4sc(C#N)c(N)c4c3CC(C)(O)C2C(C)=O)cc1. The molecule has 154 valence electrons. The summed E-state index contributed by atoms with van der Waals surface area (Å²) in [5.41, 5.74) is 10.4. The van der Waals surface area contributed by atoms with Gasteiger partial charge in [-0.2, -0.15) is 5.26 Å². The molecule has 0 saturated heterocycles. The highest BCUT2D eigenvalue weighted by Gasteiger charge is 2.48. The number of benzene rings is 1. The maximum Gasteiger partial charge on any atom is 0.136 e. The zero-order valence-electron chi connectivity index (χ0n) is 17.6. The fourth-order valence-electron chi connectivity index (χ4n) is 5.03. The van der Waals surface area contributed by atoms with E-state index >= 15 is 0 Å². The number of thiophene rings is 1. The summed E-state index contributed by atoms with van der Waals surface area (Å²) in [5.74, 6) is -0.967. The van der Waals surface area contributed by atoms with Crippen molar-refractivity contribution in [2.75, 3.05) is 5.73 Å². The number of carbonyl (C=O) groups is 1. The molecule has 2 heterocycles. The molecule has 5 nitrogen and oxygen atoms in total. The van der Waals surface area contributed by atoms with E-state index in [0.717, 1.165) is 34.2 Å². The Labute approximate surface area is 180 Å². The third kappa shape index (κ3) is 3.01. The van der Waals surface area contributed by atoms with Crippen molar-refractivity contribution < 1.29 is 9.90 Å². The van der Waals surface area contributed by atoms with Gasteiger partial charge in [0.05, 0.1) is 17.2 Å². The molecule has 0 spiro atoms. The number of fused-ring (bicyclic) bond motifs is 3. The summed E-state index contributed by atoms with van der Waals surface area (Å²) >= 11 is 1.27. The number of anilines is 1. The van der Waals surface area contributed by atoms with Gasteiger partial charge in [-0.15, -0.1) is 11.3 Å². The van der Waals surface area contributed by atoms with Crippen molar-refractivity contribution in [3.8, 4) is 6.07 Å². The smallest absolute Gasteiger partial charge is 0.136 e. The Morgan fingerprint density at radius 2 is 2.07 bits per heavy atom. The number of Topliss-reactive ketones (excluding diaryl/α,β-unsaturated/α-hetero) is 1. The lowest BCUT2D eigenvalue weighted by Gasteiger charge is -2.43. The Kier molecular flexibility index (Phi) is 4.92. The van der Waals surface area contributed by atoms with Gasteiger partial charge < -0.3 is 10.8 Å². The molecule has 4 rings (SSSR count). The van der Waals surface area contributed by atoms with Gasteiger partial charge in [-0.25, -0.2) is 4.98 Å². The third-order valence-corrected chi connectivity index (χ3v) is 7.35. The minimum atomic E-state index is -1.24. The predicted octanol–water partition coefficient (Wildman–Crippen LogP) is 4.27. The summed E-state index contributed by atoms with van der Waals surface area (Å²) in [6.45, 7) is 7.31. The molecule has 0 radical (unpaired) electrons. The zero-order chi connectivity index (χ0) is 21.8. The average Bonchev–Trinajstić information content (AvgIpc) is 3.01. The molecule has 1 aliphatic rings. The predicted molar refractivity (Wildman–Crippen MR) is 120 cm³/mol. The van der Waals surface area contributed by atoms with E-state index in [9.17, 15) is 15.2 Å². The number of nitrogens with zero attached hydrogens (tertiary/aromatic N) is 2. The van der Waals surface area contributed by atoms with Crippen molar-refractivity contribution in [2.45, 2.75) is 52.1 Å². The minimum Gasteiger partial charge on any atom is -0.396 e. The van der Waals surface area contributed by atoms with Crippen LogP contribution in [0.1, 0.15) is 59.5 Å². The quantitative estimate of drug-likeness (QED) is 0.660. The molecule has 0 aliphatic heterocycles. The maximum atomic E-state index is 12.8. The monoisotopic (exact) mass is 419 g/mol. The summed E-state index contributed by atoms with van der Waals surface area (Å²) in [6.07, 6.45) is 1.22. The fourth-order valence-corrected chi connectivity index (χ4v) is 6.00. The number of carbonyl (C=O) groups excluding carboxylic acids is 1. The molecule has 3 aromatic rings. The van der Waals surface area contributed by atoms with Crippen molar-refractivity contribution in [3.63, 3.8) is 0 Å². The molecule has 30 heavy (non-hydrogen) atoms. The Balaban J connectivity index is 2.07. The van der Waals surface area contributed by atoms with Crippen LogP contribution < -0.4 is 5.73 Å². The molecule has 1 aliphatic carbocycles. The lowest BCUT2D eigenvalue weighted by atomic mass is 9.62. The van der Waals surface area contributed by atoms with Gasteiger partial charge in [0.25, 0.3) is 0 Å². The highest BCUT2D eigenvalue weighted by atomic mass is 32.1. The van der Waals surface area contributed by atoms with E-state index in [4.69, 9.17) is 10.7 Å². The fraction of sp³-hybridized carbons (Fsp3) is 0.375. The molecule has 1 aromatic carbocycles. The van der Waals surface area contributed by atoms with E-state index in [-0.39, 0.29) is 11.7 Å². The van der Waals surface area contributed by atoms with Gasteiger partial charge in [0, 0.05) is 23.4 Å². The van der Waals surface area contributed by atoms with E-state index in [1.54, 1.807) is 13.8 Å². The molecule has 3 atom stereocenters. The molecule has 6 heteroatoms. The van der Waals surface area contributed by atoms with E-state index in [1.807, 2.05) is 19.1 Å². The summed E-state index contributed by atoms with van der Waals surface area (Å²) in [5, 5.41) is 21.6. The molecule has 3 N–H and O–H groups in total. The summed E-state index contributed by atoms with van der Waals surface area (Å²) < 4.78 is 0. The number of aromatic nitrogens is 1. The number of nitriles is 1. The van der Waals surface area contributed by atoms with Crippen LogP contribution in [0, 0.1) is 24.2 Å². The number of hydrogen-bond donors (Lipinski definition) is 2. The van der Waals surface area contributed by atoms with Gasteiger partial charge in [0.15, 0.2) is 0 Å². The first-order valence-electron chi connectivity index (χ1n) is 10.1. The lowest BCUT2D eigenvalue weighted by Crippen LogP contribution is -2.48. The number of ketones is 1. The zero-order valence-corrected chi connectivity index (χ0v) is 18.4. The molecular weight excluding hydrogens is 394 g/mol. The topological polar surface area (TPSA) is 100 Å². The van der Waals surface area contributed by atoms with Crippen LogP contribution in [0.4, 0.5) is 5.69 Å². The second kappa shape index (κ2) is 7.19. The van der Waals surface area contributed by atoms with Crippen molar-refractivity contribution in [3.05, 3.63) is 57.1 Å². The molecule has 0 fully saturated rings. The molecule has 2 aromatic heterocycles. The normalized spacial score (nSPS) is 23.2. The molecule has 0 saturated carbocycles. The first-order chi connectivity index (χ1) is 14.2. The van der Waals surface area contributed by atoms with E-state index < -0.39 is 11.5 Å². The Bertz CT molecular complexity index is 1200. The third-order valence-electron chi connectivity index (χ3n) is 6.35. The number of aliphatic hydroxyl groups is 1. The van der Waals surface area contributed by atoms with Gasteiger partial charge in [0.2, 0.25) is 0 Å². The number of nitrogens with two attached hydrogens (primary N) is 1. The number of nitrogen functional groups attached to an aromatic ring is 1. The highest BCUT2D eigenvalue weighted by molar-refractivity contribution is 7.19. The summed E-state index contributed by atoms with van der Waals surface area (Å²) in [6, 6.07) is 10.4. The van der Waals surface area contributed by atoms with Crippen LogP contribution in [0.25, 0.3) is 10.2 Å². The van der Waals surface area contributed by atoms with Gasteiger partial charge in [-0.1, -0.05) is 31.2 Å². The van der Waals surface area contributed by atoms with Crippen LogP contribution in [0.3, 0.4) is 0 Å². The minimum absolute atomic E-state index is 0.0503. The van der Waals surface area contributed by atoms with Gasteiger partial charge in [-0.3, -0.25) is 4.79 Å². The van der Waals surface area contributed by atoms with Crippen LogP contribution in [-0.2, 0) is 17.6 Å². The average molecular weight is 420 g/mol. The Morgan fingerprint density at radius 3 is 2.63 bits per heavy atom. The van der Waals surface area contributed by atoms with E-state index in [0.29, 0.717) is 21.8 Å². The molecule has 0 amide bonds. The first-order valence-corrected chi connectivity index (χ1v) is 10.9. The van der Waals surface area contributed by atoms with Crippen molar-refractivity contribution >= 4 is 33.0 Å². The number of hydrogen-bond acceptors (Lipinski definition) is 6. The standard InChI is InChI=1S/C24H25N3O2S/c1-5-14-6-8-15(9-7-14)19-18-12(2)27-23-20(22(26)17(11-25)30-23)16(18)10-24(4,29)21(19)13(3)28/h6-9,19,21,29H,5,10,26H2,1-4H3. The lowest BCUT2D eigenvalue weighted by molar-refractivity contribution is -0.130. The van der Waals surface area contributed by atoms with Crippen molar-refractivity contribution in [2.24, 2.45) is 5.92 Å². The van der Waals surface area contributed by atoms with Crippen LogP contribution in [0.5, 0.6) is 0 Å². The number of aryl methyl sites for hydroxylation is 2. The van der Waals surface area contributed by atoms with Crippen LogP contribution >= 0.6 is 11.3 Å². The summed E-state index contributed by atoms with van der Waals surface area (Å²) in [7, 11) is 0. The van der Waals surface area contributed by atoms with Gasteiger partial charge >= 0.3 is 0 Å². The van der Waals surface area contributed by atoms with E-state index in [2.05, 4.69) is 25.1 Å². The van der Waals surface area contributed by atoms with Gasteiger partial charge in [-0.05, 0) is 49.4 Å². The maximum absolute atomic E-state index is 12.8. The second-order valence-corrected chi connectivity index (χ2v) is 9.42. The second-order valence-electron chi connectivity index (χ2n) is 8.42. The highest BCUT2D eigenvalue weighted by Crippen LogP contribution is 2.50. The molecular formula is C24H25N3O2S. The van der Waals surface area contributed by atoms with Gasteiger partial charge in [0.1, 0.15) is 21.6 Å². The largest absolute Gasteiger partial charge is 0.396 e. The molecule has 3 unspecified atom stereocenters. The number of pyridine rings is 1. The Hall–Kier alpha value is -2.75.